The highest BCUT2D eigenvalue weighted by Crippen LogP contribution is 2.22. The molecule has 0 saturated heterocycles. The van der Waals surface area contributed by atoms with Crippen LogP contribution in [-0.4, -0.2) is 40.3 Å². The number of carbonyl (C=O) groups is 2. The highest BCUT2D eigenvalue weighted by molar-refractivity contribution is 5.85. The van der Waals surface area contributed by atoms with Gasteiger partial charge in [-0.1, -0.05) is 63.3 Å². The highest BCUT2D eigenvalue weighted by Gasteiger charge is 2.22. The number of aliphatic carboxylic acids is 1. The first kappa shape index (κ1) is 24.8. The van der Waals surface area contributed by atoms with Gasteiger partial charge in [-0.25, -0.2) is 9.59 Å². The van der Waals surface area contributed by atoms with E-state index in [1.807, 2.05) is 24.3 Å². The Morgan fingerprint density at radius 2 is 1.67 bits per heavy atom. The van der Waals surface area contributed by atoms with E-state index in [-0.39, 0.29) is 6.42 Å². The molecular weight excluding hydrogens is 418 g/mol. The van der Waals surface area contributed by atoms with E-state index in [9.17, 15) is 9.59 Å². The van der Waals surface area contributed by atoms with Crippen LogP contribution in [0.2, 0.25) is 0 Å². The van der Waals surface area contributed by atoms with Gasteiger partial charge in [0.2, 0.25) is 0 Å². The lowest BCUT2D eigenvalue weighted by atomic mass is 9.91. The zero-order valence-electron chi connectivity index (χ0n) is 19.4. The minimum atomic E-state index is -1.13. The van der Waals surface area contributed by atoms with E-state index in [0.29, 0.717) is 0 Å². The lowest BCUT2D eigenvalue weighted by molar-refractivity contribution is -0.139. The van der Waals surface area contributed by atoms with Crippen LogP contribution < -0.4 is 10.6 Å². The fourth-order valence-corrected chi connectivity index (χ4v) is 4.84. The molecule has 0 spiro atoms. The number of para-hydroxylation sites is 1. The van der Waals surface area contributed by atoms with E-state index in [1.54, 1.807) is 6.20 Å². The van der Waals surface area contributed by atoms with Gasteiger partial charge in [-0.05, 0) is 37.3 Å². The monoisotopic (exact) mass is 455 g/mol. The number of carboxylic acid groups (broad SMARTS) is 1. The van der Waals surface area contributed by atoms with Gasteiger partial charge >= 0.3 is 12.1 Å². The first-order chi connectivity index (χ1) is 16.1. The number of H-pyrrole nitrogens is 1. The molecule has 7 heteroatoms. The molecule has 180 valence electrons. The molecule has 0 aliphatic heterocycles. The number of nitrogens with one attached hydrogen (secondary N) is 3. The van der Waals surface area contributed by atoms with Gasteiger partial charge in [0, 0.05) is 35.6 Å². The molecule has 0 radical (unpaired) electrons. The second-order valence-corrected chi connectivity index (χ2v) is 9.01. The number of carbonyl (C=O) groups excluding carboxylic acids is 1. The Balaban J connectivity index is 0.000000203. The molecule has 1 amide bonds. The fourth-order valence-electron chi connectivity index (χ4n) is 4.84. The normalized spacial score (nSPS) is 18.1. The molecule has 1 heterocycles. The molecule has 1 aromatic carbocycles. The number of alkyl carbamates (subject to hydrolysis) is 1. The molecule has 1 atom stereocenters. The number of fused-ring (bicyclic) bond motifs is 1. The van der Waals surface area contributed by atoms with Gasteiger partial charge in [-0.3, -0.25) is 0 Å². The third-order valence-electron chi connectivity index (χ3n) is 6.56. The predicted molar refractivity (Wildman–Crippen MR) is 130 cm³/mol. The number of hydrogen-bond donors (Lipinski definition) is 4. The summed E-state index contributed by atoms with van der Waals surface area (Å²) < 4.78 is 4.47. The lowest BCUT2D eigenvalue weighted by Crippen LogP contribution is -2.42. The maximum absolute atomic E-state index is 11.3. The number of ether oxygens (including phenoxy) is 1. The molecule has 4 rings (SSSR count). The third-order valence-corrected chi connectivity index (χ3v) is 6.56. The van der Waals surface area contributed by atoms with Gasteiger partial charge in [0.25, 0.3) is 0 Å². The predicted octanol–water partition coefficient (Wildman–Crippen LogP) is 5.27. The van der Waals surface area contributed by atoms with Crippen LogP contribution >= 0.6 is 0 Å². The summed E-state index contributed by atoms with van der Waals surface area (Å²) in [5.41, 5.74) is 1.73. The first-order valence-electron chi connectivity index (χ1n) is 12.2. The van der Waals surface area contributed by atoms with Crippen molar-refractivity contribution in [3.8, 4) is 0 Å². The third kappa shape index (κ3) is 7.93. The number of benzene rings is 1. The van der Waals surface area contributed by atoms with Gasteiger partial charge < -0.3 is 25.5 Å². The van der Waals surface area contributed by atoms with Crippen molar-refractivity contribution in [1.29, 1.82) is 0 Å². The van der Waals surface area contributed by atoms with E-state index >= 15 is 0 Å². The van der Waals surface area contributed by atoms with Crippen molar-refractivity contribution in [2.75, 3.05) is 0 Å². The van der Waals surface area contributed by atoms with Crippen LogP contribution in [0.4, 0.5) is 4.79 Å². The Morgan fingerprint density at radius 1 is 1.06 bits per heavy atom. The standard InChI is InChI=1S/C14H14N2O4.C12H23N/c1-2-20-14(19)16-12(13(17)18)7-9-8-15-11-6-4-3-5-10(9)11;1-3-7-11(8-4-1)13-12-9-5-2-6-10-12/h2-6,8,12,15H,1,7H2,(H,16,19)(H,17,18);11-13H,1-10H2/t12-;/m0./s1. The minimum Gasteiger partial charge on any atom is -0.480 e. The van der Waals surface area contributed by atoms with Gasteiger partial charge in [0.1, 0.15) is 6.04 Å². The molecule has 2 aliphatic rings. The van der Waals surface area contributed by atoms with Crippen molar-refractivity contribution in [3.63, 3.8) is 0 Å². The topological polar surface area (TPSA) is 103 Å². The molecule has 2 saturated carbocycles. The Hall–Kier alpha value is -2.80. The van der Waals surface area contributed by atoms with E-state index < -0.39 is 18.1 Å². The second kappa shape index (κ2) is 13.0. The van der Waals surface area contributed by atoms with Crippen molar-refractivity contribution in [1.82, 2.24) is 15.6 Å². The first-order valence-corrected chi connectivity index (χ1v) is 12.2. The maximum Gasteiger partial charge on any atom is 0.412 e. The van der Waals surface area contributed by atoms with Gasteiger partial charge in [0.15, 0.2) is 0 Å². The van der Waals surface area contributed by atoms with E-state index in [2.05, 4.69) is 26.9 Å². The molecule has 0 unspecified atom stereocenters. The Morgan fingerprint density at radius 3 is 2.24 bits per heavy atom. The van der Waals surface area contributed by atoms with Crippen LogP contribution in [0.5, 0.6) is 0 Å². The fraction of sp³-hybridized carbons (Fsp3) is 0.538. The zero-order chi connectivity index (χ0) is 23.5. The lowest BCUT2D eigenvalue weighted by Gasteiger charge is -2.30. The highest BCUT2D eigenvalue weighted by atomic mass is 16.5. The summed E-state index contributed by atoms with van der Waals surface area (Å²) >= 11 is 0. The smallest absolute Gasteiger partial charge is 0.412 e. The van der Waals surface area contributed by atoms with Crippen LogP contribution in [0.1, 0.15) is 69.8 Å². The number of carboxylic acids is 1. The van der Waals surface area contributed by atoms with Crippen molar-refractivity contribution < 1.29 is 19.4 Å². The summed E-state index contributed by atoms with van der Waals surface area (Å²) in [5, 5.41) is 16.2. The molecule has 0 bridgehead atoms. The second-order valence-electron chi connectivity index (χ2n) is 9.01. The van der Waals surface area contributed by atoms with Gasteiger partial charge in [-0.2, -0.15) is 0 Å². The van der Waals surface area contributed by atoms with E-state index in [4.69, 9.17) is 5.11 Å². The maximum atomic E-state index is 11.3. The van der Waals surface area contributed by atoms with Crippen molar-refractivity contribution in [3.05, 3.63) is 48.9 Å². The van der Waals surface area contributed by atoms with Crippen molar-refractivity contribution in [2.45, 2.75) is 88.8 Å². The van der Waals surface area contributed by atoms with Crippen molar-refractivity contribution >= 4 is 23.0 Å². The largest absolute Gasteiger partial charge is 0.480 e. The number of rotatable bonds is 7. The van der Waals surface area contributed by atoms with Gasteiger partial charge in [0.05, 0.1) is 6.26 Å². The van der Waals surface area contributed by atoms with E-state index in [1.165, 1.54) is 64.2 Å². The Bertz CT molecular complexity index is 882. The summed E-state index contributed by atoms with van der Waals surface area (Å²) in [6.07, 6.45) is 16.6. The van der Waals surface area contributed by atoms with Crippen LogP contribution in [0.3, 0.4) is 0 Å². The molecule has 1 aromatic heterocycles. The quantitative estimate of drug-likeness (QED) is 0.426. The summed E-state index contributed by atoms with van der Waals surface area (Å²) in [7, 11) is 0. The average molecular weight is 456 g/mol. The minimum absolute atomic E-state index is 0.158. The Labute approximate surface area is 196 Å². The molecule has 2 aliphatic carbocycles. The number of aromatic amines is 1. The summed E-state index contributed by atoms with van der Waals surface area (Å²) in [5.74, 6) is -1.13. The van der Waals surface area contributed by atoms with Crippen LogP contribution in [0.25, 0.3) is 10.9 Å². The molecule has 2 aromatic rings. The van der Waals surface area contributed by atoms with E-state index in [0.717, 1.165) is 34.8 Å². The van der Waals surface area contributed by atoms with Crippen LogP contribution in [-0.2, 0) is 16.0 Å². The average Bonchev–Trinajstić information content (AvgIpc) is 3.23. The number of amides is 1. The molecule has 33 heavy (non-hydrogen) atoms. The SMILES string of the molecule is C1CCC(NC2CCCCC2)CC1.C=COC(=O)N[C@@H](Cc1c[nH]c2ccccc12)C(=O)O. The number of aromatic nitrogens is 1. The van der Waals surface area contributed by atoms with Gasteiger partial charge in [-0.15, -0.1) is 0 Å². The summed E-state index contributed by atoms with van der Waals surface area (Å²) in [6.45, 7) is 3.23. The van der Waals surface area contributed by atoms with Crippen molar-refractivity contribution in [2.24, 2.45) is 0 Å². The molecule has 7 nitrogen and oxygen atoms in total. The van der Waals surface area contributed by atoms with Crippen LogP contribution in [0, 0.1) is 0 Å². The Kier molecular flexibility index (Phi) is 9.81. The summed E-state index contributed by atoms with van der Waals surface area (Å²) in [6, 6.07) is 8.22. The molecule has 4 N–H and O–H groups in total. The molecular formula is C26H37N3O4. The number of hydrogen-bond acceptors (Lipinski definition) is 4. The zero-order valence-corrected chi connectivity index (χ0v) is 19.4. The summed E-state index contributed by atoms with van der Waals surface area (Å²) in [4.78, 5) is 25.5. The molecule has 2 fully saturated rings. The van der Waals surface area contributed by atoms with Crippen LogP contribution in [0.15, 0.2) is 43.3 Å².